The average molecular weight is 432 g/mol. The van der Waals surface area contributed by atoms with E-state index in [-0.39, 0.29) is 17.2 Å². The average Bonchev–Trinajstić information content (AvgIpc) is 2.83. The zero-order valence-corrected chi connectivity index (χ0v) is 17.6. The highest BCUT2D eigenvalue weighted by Gasteiger charge is 2.22. The summed E-state index contributed by atoms with van der Waals surface area (Å²) in [5, 5.41) is 9.69. The molecule has 1 aromatic heterocycles. The molecule has 1 amide bonds. The third kappa shape index (κ3) is 4.78. The number of amides is 1. The lowest BCUT2D eigenvalue weighted by Gasteiger charge is -2.36. The Hall–Kier alpha value is -3.57. The largest absolute Gasteiger partial charge is 0.368 e. The first-order valence-electron chi connectivity index (χ1n) is 9.96. The molecule has 0 atom stereocenters. The van der Waals surface area contributed by atoms with Gasteiger partial charge >= 0.3 is 0 Å². The highest BCUT2D eigenvalue weighted by molar-refractivity contribution is 7.99. The maximum Gasteiger partial charge on any atom is 0.270 e. The van der Waals surface area contributed by atoms with Crippen LogP contribution in [0.1, 0.15) is 5.56 Å². The molecule has 31 heavy (non-hydrogen) atoms. The summed E-state index contributed by atoms with van der Waals surface area (Å²) in [6.07, 6.45) is 0. The summed E-state index contributed by atoms with van der Waals surface area (Å²) < 4.78 is 0. The summed E-state index contributed by atoms with van der Waals surface area (Å²) in [4.78, 5) is 36.2. The second-order valence-corrected chi connectivity index (χ2v) is 8.03. The summed E-state index contributed by atoms with van der Waals surface area (Å²) in [5.74, 6) is 0.181. The SMILES string of the molecule is N#Cc1c(-c2ccccc2)nc(SCC(=O)N2CCN(c3ccccc3)CC2)[nH]c1=O. The summed E-state index contributed by atoms with van der Waals surface area (Å²) in [5.41, 5.74) is 1.66. The van der Waals surface area contributed by atoms with Gasteiger partial charge in [0.05, 0.1) is 11.4 Å². The maximum absolute atomic E-state index is 12.7. The smallest absolute Gasteiger partial charge is 0.270 e. The lowest BCUT2D eigenvalue weighted by molar-refractivity contribution is -0.128. The molecule has 0 unspecified atom stereocenters. The molecule has 1 aliphatic heterocycles. The fraction of sp³-hybridized carbons (Fsp3) is 0.217. The summed E-state index contributed by atoms with van der Waals surface area (Å²) in [6, 6.07) is 21.2. The van der Waals surface area contributed by atoms with Crippen LogP contribution in [0.3, 0.4) is 0 Å². The van der Waals surface area contributed by atoms with Crippen LogP contribution in [0.2, 0.25) is 0 Å². The molecule has 0 spiro atoms. The zero-order valence-electron chi connectivity index (χ0n) is 16.8. The molecular weight excluding hydrogens is 410 g/mol. The Morgan fingerprint density at radius 2 is 1.68 bits per heavy atom. The number of H-pyrrole nitrogens is 1. The summed E-state index contributed by atoms with van der Waals surface area (Å²) >= 11 is 1.18. The number of aromatic nitrogens is 2. The number of nitrogens with zero attached hydrogens (tertiary/aromatic N) is 4. The van der Waals surface area contributed by atoms with Gasteiger partial charge in [0.25, 0.3) is 5.56 Å². The Bertz CT molecular complexity index is 1150. The number of anilines is 1. The molecule has 2 heterocycles. The molecule has 156 valence electrons. The van der Waals surface area contributed by atoms with E-state index < -0.39 is 5.56 Å². The minimum Gasteiger partial charge on any atom is -0.368 e. The van der Waals surface area contributed by atoms with E-state index in [1.165, 1.54) is 11.8 Å². The van der Waals surface area contributed by atoms with Crippen molar-refractivity contribution in [3.63, 3.8) is 0 Å². The molecule has 1 N–H and O–H groups in total. The van der Waals surface area contributed by atoms with Gasteiger partial charge in [-0.1, -0.05) is 60.3 Å². The first-order chi connectivity index (χ1) is 15.2. The second kappa shape index (κ2) is 9.49. The van der Waals surface area contributed by atoms with Crippen LogP contribution in [0.5, 0.6) is 0 Å². The van der Waals surface area contributed by atoms with Crippen LogP contribution in [0.4, 0.5) is 5.69 Å². The van der Waals surface area contributed by atoms with Crippen LogP contribution < -0.4 is 10.5 Å². The van der Waals surface area contributed by atoms with Crippen molar-refractivity contribution in [2.75, 3.05) is 36.8 Å². The number of nitrogens with one attached hydrogen (secondary N) is 1. The van der Waals surface area contributed by atoms with Crippen molar-refractivity contribution in [3.05, 3.63) is 76.6 Å². The van der Waals surface area contributed by atoms with Crippen LogP contribution in [0.25, 0.3) is 11.3 Å². The second-order valence-electron chi connectivity index (χ2n) is 7.06. The number of carbonyl (C=O) groups is 1. The molecule has 1 saturated heterocycles. The minimum atomic E-state index is -0.497. The Balaban J connectivity index is 1.40. The van der Waals surface area contributed by atoms with E-state index in [4.69, 9.17) is 0 Å². The van der Waals surface area contributed by atoms with Gasteiger partial charge < -0.3 is 14.8 Å². The Morgan fingerprint density at radius 1 is 1.03 bits per heavy atom. The predicted octanol–water partition coefficient (Wildman–Crippen LogP) is 2.75. The normalized spacial score (nSPS) is 13.6. The van der Waals surface area contributed by atoms with Crippen molar-refractivity contribution in [1.29, 1.82) is 5.26 Å². The van der Waals surface area contributed by atoms with Crippen molar-refractivity contribution < 1.29 is 4.79 Å². The molecule has 0 radical (unpaired) electrons. The first kappa shape index (κ1) is 20.7. The number of aromatic amines is 1. The Kier molecular flexibility index (Phi) is 6.34. The van der Waals surface area contributed by atoms with Crippen LogP contribution in [0.15, 0.2) is 70.6 Å². The molecule has 3 aromatic rings. The standard InChI is InChI=1S/C23H21N5O2S/c24-15-19-21(17-7-3-1-4-8-17)25-23(26-22(19)30)31-16-20(29)28-13-11-27(12-14-28)18-9-5-2-6-10-18/h1-10H,11-14,16H2,(H,25,26,30). The molecule has 7 nitrogen and oxygen atoms in total. The molecule has 2 aromatic carbocycles. The highest BCUT2D eigenvalue weighted by atomic mass is 32.2. The number of hydrogen-bond acceptors (Lipinski definition) is 6. The number of thioether (sulfide) groups is 1. The van der Waals surface area contributed by atoms with E-state index in [1.807, 2.05) is 47.4 Å². The van der Waals surface area contributed by atoms with Crippen molar-refractivity contribution in [3.8, 4) is 17.3 Å². The first-order valence-corrected chi connectivity index (χ1v) is 10.9. The van der Waals surface area contributed by atoms with E-state index in [9.17, 15) is 14.9 Å². The van der Waals surface area contributed by atoms with E-state index in [2.05, 4.69) is 27.0 Å². The van der Waals surface area contributed by atoms with Crippen LogP contribution >= 0.6 is 11.8 Å². The molecule has 0 aliphatic carbocycles. The molecule has 1 fully saturated rings. The van der Waals surface area contributed by atoms with E-state index in [1.54, 1.807) is 12.1 Å². The van der Waals surface area contributed by atoms with Gasteiger partial charge in [0.15, 0.2) is 5.16 Å². The fourth-order valence-corrected chi connectivity index (χ4v) is 4.27. The van der Waals surface area contributed by atoms with Crippen molar-refractivity contribution in [1.82, 2.24) is 14.9 Å². The Labute approximate surface area is 184 Å². The van der Waals surface area contributed by atoms with Gasteiger partial charge in [-0.25, -0.2) is 4.98 Å². The lowest BCUT2D eigenvalue weighted by Crippen LogP contribution is -2.49. The van der Waals surface area contributed by atoms with Gasteiger partial charge in [-0.15, -0.1) is 0 Å². The van der Waals surface area contributed by atoms with Crippen molar-refractivity contribution in [2.24, 2.45) is 0 Å². The Morgan fingerprint density at radius 3 is 2.32 bits per heavy atom. The zero-order chi connectivity index (χ0) is 21.6. The van der Waals surface area contributed by atoms with Crippen LogP contribution in [-0.2, 0) is 4.79 Å². The van der Waals surface area contributed by atoms with Gasteiger partial charge in [0.1, 0.15) is 11.6 Å². The third-order valence-corrected chi connectivity index (χ3v) is 6.00. The third-order valence-electron chi connectivity index (χ3n) is 5.14. The molecule has 0 bridgehead atoms. The van der Waals surface area contributed by atoms with E-state index in [0.717, 1.165) is 18.8 Å². The quantitative estimate of drug-likeness (QED) is 0.493. The van der Waals surface area contributed by atoms with Gasteiger partial charge in [-0.2, -0.15) is 5.26 Å². The number of hydrogen-bond donors (Lipinski definition) is 1. The van der Waals surface area contributed by atoms with Crippen molar-refractivity contribution >= 4 is 23.4 Å². The van der Waals surface area contributed by atoms with E-state index in [0.29, 0.717) is 29.5 Å². The van der Waals surface area contributed by atoms with Crippen LogP contribution in [-0.4, -0.2) is 52.7 Å². The number of benzene rings is 2. The highest BCUT2D eigenvalue weighted by Crippen LogP contribution is 2.22. The number of para-hydroxylation sites is 1. The van der Waals surface area contributed by atoms with Crippen LogP contribution in [0, 0.1) is 11.3 Å². The van der Waals surface area contributed by atoms with Gasteiger partial charge in [0.2, 0.25) is 5.91 Å². The monoisotopic (exact) mass is 431 g/mol. The summed E-state index contributed by atoms with van der Waals surface area (Å²) in [7, 11) is 0. The van der Waals surface area contributed by atoms with Gasteiger partial charge in [-0.05, 0) is 12.1 Å². The number of carbonyl (C=O) groups excluding carboxylic acids is 1. The maximum atomic E-state index is 12.7. The molecule has 1 aliphatic rings. The molecule has 8 heteroatoms. The number of rotatable bonds is 5. The van der Waals surface area contributed by atoms with E-state index >= 15 is 0 Å². The molecule has 4 rings (SSSR count). The predicted molar refractivity (Wildman–Crippen MR) is 121 cm³/mol. The topological polar surface area (TPSA) is 93.1 Å². The van der Waals surface area contributed by atoms with Gasteiger partial charge in [-0.3, -0.25) is 9.59 Å². The number of nitriles is 1. The number of piperazine rings is 1. The lowest BCUT2D eigenvalue weighted by atomic mass is 10.1. The molecule has 0 saturated carbocycles. The van der Waals surface area contributed by atoms with Gasteiger partial charge in [0, 0.05) is 37.4 Å². The fourth-order valence-electron chi connectivity index (χ4n) is 3.50. The van der Waals surface area contributed by atoms with Crippen molar-refractivity contribution in [2.45, 2.75) is 5.16 Å². The summed E-state index contributed by atoms with van der Waals surface area (Å²) in [6.45, 7) is 2.87. The minimum absolute atomic E-state index is 0.00554. The molecular formula is C23H21N5O2S.